The minimum absolute atomic E-state index is 0.0583. The smallest absolute Gasteiger partial charge is 0.435 e. The predicted octanol–water partition coefficient (Wildman–Crippen LogP) is 5.93. The van der Waals surface area contributed by atoms with Gasteiger partial charge in [0, 0.05) is 17.3 Å². The number of halogens is 7. The van der Waals surface area contributed by atoms with E-state index in [1.165, 1.54) is 31.4 Å². The molecule has 0 radical (unpaired) electrons. The van der Waals surface area contributed by atoms with Crippen molar-refractivity contribution < 1.29 is 35.9 Å². The van der Waals surface area contributed by atoms with Crippen molar-refractivity contribution in [2.75, 3.05) is 12.4 Å². The van der Waals surface area contributed by atoms with Crippen LogP contribution in [0.1, 0.15) is 21.7 Å². The van der Waals surface area contributed by atoms with E-state index < -0.39 is 29.6 Å². The molecule has 0 aliphatic rings. The maximum Gasteiger partial charge on any atom is 0.435 e. The zero-order valence-corrected chi connectivity index (χ0v) is 17.1. The van der Waals surface area contributed by atoms with E-state index in [1.807, 2.05) is 0 Å². The summed E-state index contributed by atoms with van der Waals surface area (Å²) in [6.07, 6.45) is -10.1. The maximum atomic E-state index is 13.2. The summed E-state index contributed by atoms with van der Waals surface area (Å²) in [5.41, 5.74) is -2.99. The first-order valence-corrected chi connectivity index (χ1v) is 9.19. The zero-order chi connectivity index (χ0) is 23.0. The number of hydrogen-bond acceptors (Lipinski definition) is 3. The number of nitrogens with one attached hydrogen (secondary N) is 1. The van der Waals surface area contributed by atoms with Gasteiger partial charge in [0.1, 0.15) is 11.4 Å². The summed E-state index contributed by atoms with van der Waals surface area (Å²) in [5.74, 6) is 0.00403. The first-order chi connectivity index (χ1) is 14.4. The molecule has 164 valence electrons. The van der Waals surface area contributed by atoms with E-state index in [9.17, 15) is 31.1 Å². The van der Waals surface area contributed by atoms with Gasteiger partial charge in [-0.1, -0.05) is 0 Å². The summed E-state index contributed by atoms with van der Waals surface area (Å²) in [6.45, 7) is 0. The van der Waals surface area contributed by atoms with Gasteiger partial charge in [-0.25, -0.2) is 4.68 Å². The van der Waals surface area contributed by atoms with Crippen LogP contribution >= 0.6 is 15.9 Å². The fourth-order valence-corrected chi connectivity index (χ4v) is 3.16. The van der Waals surface area contributed by atoms with Gasteiger partial charge in [-0.3, -0.25) is 4.79 Å². The highest BCUT2D eigenvalue weighted by atomic mass is 79.9. The molecule has 0 bridgehead atoms. The summed E-state index contributed by atoms with van der Waals surface area (Å²) in [7, 11) is 1.46. The third kappa shape index (κ3) is 5.01. The van der Waals surface area contributed by atoms with Crippen LogP contribution < -0.4 is 10.1 Å². The van der Waals surface area contributed by atoms with Crippen LogP contribution in [0.2, 0.25) is 0 Å². The molecule has 5 nitrogen and oxygen atoms in total. The number of benzene rings is 2. The SMILES string of the molecule is COc1ccc(C(=O)Nc2ccc(-n3nc(C(F)(F)F)cc3C(F)(F)F)cc2)cc1Br. The molecule has 1 amide bonds. The standard InChI is InChI=1S/C19H12BrF6N3O2/c1-31-14-7-2-10(8-13(14)20)17(30)27-11-3-5-12(6-4-11)29-16(19(24,25)26)9-15(28-29)18(21,22)23/h2-9H,1H3,(H,27,30). The van der Waals surface area contributed by atoms with Crippen molar-refractivity contribution in [3.63, 3.8) is 0 Å². The monoisotopic (exact) mass is 507 g/mol. The number of alkyl halides is 6. The van der Waals surface area contributed by atoms with Gasteiger partial charge < -0.3 is 10.1 Å². The molecule has 0 spiro atoms. The number of anilines is 1. The second kappa shape index (κ2) is 8.25. The molecule has 31 heavy (non-hydrogen) atoms. The molecule has 0 aliphatic carbocycles. The second-order valence-corrected chi connectivity index (χ2v) is 7.03. The Hall–Kier alpha value is -3.02. The van der Waals surface area contributed by atoms with Crippen LogP contribution in [0.25, 0.3) is 5.69 Å². The Morgan fingerprint density at radius 1 is 1.00 bits per heavy atom. The number of carbonyl (C=O) groups is 1. The lowest BCUT2D eigenvalue weighted by Gasteiger charge is -2.11. The highest BCUT2D eigenvalue weighted by Gasteiger charge is 2.42. The van der Waals surface area contributed by atoms with E-state index >= 15 is 0 Å². The molecule has 3 rings (SSSR count). The summed E-state index contributed by atoms with van der Waals surface area (Å²) >= 11 is 3.25. The van der Waals surface area contributed by atoms with Crippen molar-refractivity contribution in [1.82, 2.24) is 9.78 Å². The number of amides is 1. The van der Waals surface area contributed by atoms with Crippen LogP contribution in [0.3, 0.4) is 0 Å². The number of carbonyl (C=O) groups excluding carboxylic acids is 1. The average molecular weight is 508 g/mol. The van der Waals surface area contributed by atoms with Crippen molar-refractivity contribution in [2.45, 2.75) is 12.4 Å². The van der Waals surface area contributed by atoms with E-state index in [-0.39, 0.29) is 27.7 Å². The maximum absolute atomic E-state index is 13.2. The van der Waals surface area contributed by atoms with Crippen LogP contribution in [0.4, 0.5) is 32.0 Å². The molecule has 0 fully saturated rings. The molecule has 1 heterocycles. The van der Waals surface area contributed by atoms with Crippen molar-refractivity contribution in [1.29, 1.82) is 0 Å². The fourth-order valence-electron chi connectivity index (χ4n) is 2.62. The van der Waals surface area contributed by atoms with Gasteiger partial charge in [-0.15, -0.1) is 0 Å². The topological polar surface area (TPSA) is 56.1 Å². The van der Waals surface area contributed by atoms with Crippen molar-refractivity contribution in [3.05, 3.63) is 70.0 Å². The highest BCUT2D eigenvalue weighted by Crippen LogP contribution is 2.36. The number of aromatic nitrogens is 2. The van der Waals surface area contributed by atoms with E-state index in [0.717, 1.165) is 12.1 Å². The lowest BCUT2D eigenvalue weighted by Crippen LogP contribution is -2.14. The van der Waals surface area contributed by atoms with E-state index in [0.29, 0.717) is 10.2 Å². The quantitative estimate of drug-likeness (QED) is 0.445. The van der Waals surface area contributed by atoms with Crippen molar-refractivity contribution in [3.8, 4) is 11.4 Å². The summed E-state index contributed by atoms with van der Waals surface area (Å²) in [4.78, 5) is 12.4. The summed E-state index contributed by atoms with van der Waals surface area (Å²) in [6, 6.07) is 9.26. The van der Waals surface area contributed by atoms with E-state index in [4.69, 9.17) is 4.74 Å². The molecule has 3 aromatic rings. The van der Waals surface area contributed by atoms with Crippen LogP contribution in [0.5, 0.6) is 5.75 Å². The van der Waals surface area contributed by atoms with Gasteiger partial charge in [0.15, 0.2) is 5.69 Å². The first-order valence-electron chi connectivity index (χ1n) is 8.40. The van der Waals surface area contributed by atoms with Gasteiger partial charge in [-0.2, -0.15) is 31.4 Å². The summed E-state index contributed by atoms with van der Waals surface area (Å²) < 4.78 is 83.7. The van der Waals surface area contributed by atoms with Crippen molar-refractivity contribution >= 4 is 27.5 Å². The number of rotatable bonds is 4. The van der Waals surface area contributed by atoms with Crippen LogP contribution in [-0.2, 0) is 12.4 Å². The van der Waals surface area contributed by atoms with Crippen LogP contribution in [-0.4, -0.2) is 22.8 Å². The van der Waals surface area contributed by atoms with Gasteiger partial charge in [-0.05, 0) is 58.4 Å². The van der Waals surface area contributed by atoms with Crippen molar-refractivity contribution in [2.24, 2.45) is 0 Å². The third-order valence-electron chi connectivity index (χ3n) is 4.07. The van der Waals surface area contributed by atoms with Gasteiger partial charge in [0.25, 0.3) is 5.91 Å². The average Bonchev–Trinajstić information content (AvgIpc) is 3.15. The molecule has 1 aromatic heterocycles. The molecule has 0 unspecified atom stereocenters. The predicted molar refractivity (Wildman–Crippen MR) is 102 cm³/mol. The number of methoxy groups -OCH3 is 1. The lowest BCUT2D eigenvalue weighted by atomic mass is 10.2. The second-order valence-electron chi connectivity index (χ2n) is 6.17. The highest BCUT2D eigenvalue weighted by molar-refractivity contribution is 9.10. The van der Waals surface area contributed by atoms with Gasteiger partial charge in [0.2, 0.25) is 0 Å². The normalized spacial score (nSPS) is 12.0. The lowest BCUT2D eigenvalue weighted by molar-refractivity contribution is -0.143. The number of hydrogen-bond donors (Lipinski definition) is 1. The van der Waals surface area contributed by atoms with Gasteiger partial charge in [0.05, 0.1) is 17.3 Å². The fraction of sp³-hybridized carbons (Fsp3) is 0.158. The minimum Gasteiger partial charge on any atom is -0.496 e. The summed E-state index contributed by atoms with van der Waals surface area (Å²) in [5, 5.41) is 5.59. The number of nitrogens with zero attached hydrogens (tertiary/aromatic N) is 2. The molecule has 0 saturated carbocycles. The molecule has 0 saturated heterocycles. The Bertz CT molecular complexity index is 1110. The van der Waals surface area contributed by atoms with Crippen LogP contribution in [0, 0.1) is 0 Å². The van der Waals surface area contributed by atoms with E-state index in [1.54, 1.807) is 6.07 Å². The Morgan fingerprint density at radius 3 is 2.16 bits per heavy atom. The Balaban J connectivity index is 1.86. The van der Waals surface area contributed by atoms with Crippen LogP contribution in [0.15, 0.2) is 53.0 Å². The zero-order valence-electron chi connectivity index (χ0n) is 15.5. The molecule has 1 N–H and O–H groups in total. The molecule has 0 atom stereocenters. The largest absolute Gasteiger partial charge is 0.496 e. The number of ether oxygens (including phenoxy) is 1. The van der Waals surface area contributed by atoms with Gasteiger partial charge >= 0.3 is 12.4 Å². The molecule has 0 aliphatic heterocycles. The third-order valence-corrected chi connectivity index (χ3v) is 4.69. The first kappa shape index (κ1) is 22.7. The Morgan fingerprint density at radius 2 is 1.65 bits per heavy atom. The molecular weight excluding hydrogens is 496 g/mol. The molecule has 12 heteroatoms. The Kier molecular flexibility index (Phi) is 6.03. The minimum atomic E-state index is -5.05. The Labute approximate surface area is 179 Å². The molecule has 2 aromatic carbocycles. The van der Waals surface area contributed by atoms with E-state index in [2.05, 4.69) is 26.3 Å². The molecular formula is C19H12BrF6N3O2.